The van der Waals surface area contributed by atoms with Gasteiger partial charge in [0, 0.05) is 46.0 Å². The van der Waals surface area contributed by atoms with Gasteiger partial charge in [-0.3, -0.25) is 9.97 Å². The van der Waals surface area contributed by atoms with Crippen LogP contribution in [-0.4, -0.2) is 39.7 Å². The Kier molecular flexibility index (Phi) is 11.3. The van der Waals surface area contributed by atoms with Gasteiger partial charge in [-0.15, -0.1) is 0 Å². The number of hydrogen-bond donors (Lipinski definition) is 1. The summed E-state index contributed by atoms with van der Waals surface area (Å²) in [4.78, 5) is 23.1. The van der Waals surface area contributed by atoms with Gasteiger partial charge < -0.3 is 10.1 Å². The van der Waals surface area contributed by atoms with E-state index in [0.29, 0.717) is 6.54 Å². The summed E-state index contributed by atoms with van der Waals surface area (Å²) in [5, 5.41) is 2.79. The van der Waals surface area contributed by atoms with Gasteiger partial charge in [-0.2, -0.15) is 23.5 Å². The first kappa shape index (κ1) is 25.2. The van der Waals surface area contributed by atoms with Crippen LogP contribution in [0.5, 0.6) is 0 Å². The molecule has 164 valence electrons. The Labute approximate surface area is 196 Å². The van der Waals surface area contributed by atoms with E-state index < -0.39 is 5.60 Å². The number of alkyl carbamates (subject to hydrolysis) is 1. The monoisotopic (exact) mass is 483 g/mol. The van der Waals surface area contributed by atoms with Crippen molar-refractivity contribution in [1.82, 2.24) is 15.3 Å². The van der Waals surface area contributed by atoms with Crippen molar-refractivity contribution >= 4 is 51.2 Å². The van der Waals surface area contributed by atoms with Crippen LogP contribution in [-0.2, 0) is 16.2 Å². The number of ether oxygens (including phenoxy) is 1. The topological polar surface area (TPSA) is 64.1 Å². The Bertz CT molecular complexity index is 800. The van der Waals surface area contributed by atoms with Crippen LogP contribution in [0.15, 0.2) is 46.5 Å². The number of carbonyl (C=O) groups excluding carboxylic acids is 1. The minimum atomic E-state index is -0.474. The molecule has 5 nitrogen and oxygen atoms in total. The van der Waals surface area contributed by atoms with Crippen LogP contribution in [0.2, 0.25) is 0 Å². The number of carbonyl (C=O) groups is 1. The van der Waals surface area contributed by atoms with Crippen LogP contribution >= 0.6 is 45.1 Å². The predicted octanol–water partition coefficient (Wildman–Crippen LogP) is 6.29. The average Bonchev–Trinajstić information content (AvgIpc) is 2.70. The first-order valence-electron chi connectivity index (χ1n) is 9.73. The third kappa shape index (κ3) is 9.85. The molecular formula is C21H29N3O2S4. The maximum atomic E-state index is 11.7. The number of amides is 1. The highest BCUT2D eigenvalue weighted by atomic mass is 33.1. The summed E-state index contributed by atoms with van der Waals surface area (Å²) < 4.78 is 5.25. The number of pyridine rings is 2. The van der Waals surface area contributed by atoms with Crippen molar-refractivity contribution in [3.05, 3.63) is 48.0 Å². The van der Waals surface area contributed by atoms with E-state index in [1.165, 1.54) is 4.90 Å². The highest BCUT2D eigenvalue weighted by Crippen LogP contribution is 2.40. The Hall–Kier alpha value is -1.03. The number of thioether (sulfide) groups is 2. The summed E-state index contributed by atoms with van der Waals surface area (Å²) in [6.45, 7) is 8.31. The van der Waals surface area contributed by atoms with Crippen molar-refractivity contribution in [2.45, 2.75) is 54.6 Å². The fourth-order valence-electron chi connectivity index (χ4n) is 2.21. The standard InChI is InChI=1S/C21H29N3O2S4/c1-5-27-14-16-18(8-6-10-22-16)29-30-19-9-7-11-23-17(19)15-28-13-12-24-20(25)26-21(2,3)4/h6-11H,5,12-15H2,1-4H3,(H,24,25). The largest absolute Gasteiger partial charge is 0.444 e. The average molecular weight is 484 g/mol. The summed E-state index contributed by atoms with van der Waals surface area (Å²) in [7, 11) is 3.46. The van der Waals surface area contributed by atoms with E-state index in [0.717, 1.165) is 39.3 Å². The Morgan fingerprint density at radius 3 is 2.10 bits per heavy atom. The first-order chi connectivity index (χ1) is 14.4. The Balaban J connectivity index is 1.82. The zero-order valence-corrected chi connectivity index (χ0v) is 21.1. The van der Waals surface area contributed by atoms with Crippen molar-refractivity contribution in [2.75, 3.05) is 18.1 Å². The number of nitrogens with one attached hydrogen (secondary N) is 1. The maximum Gasteiger partial charge on any atom is 0.407 e. The van der Waals surface area contributed by atoms with E-state index in [4.69, 9.17) is 4.74 Å². The van der Waals surface area contributed by atoms with Gasteiger partial charge in [-0.25, -0.2) is 4.79 Å². The van der Waals surface area contributed by atoms with Crippen LogP contribution < -0.4 is 5.32 Å². The van der Waals surface area contributed by atoms with Crippen molar-refractivity contribution in [3.8, 4) is 0 Å². The van der Waals surface area contributed by atoms with Gasteiger partial charge in [0.25, 0.3) is 0 Å². The zero-order chi connectivity index (χ0) is 21.8. The highest BCUT2D eigenvalue weighted by Gasteiger charge is 2.15. The molecule has 2 heterocycles. The minimum Gasteiger partial charge on any atom is -0.444 e. The molecule has 0 atom stereocenters. The predicted molar refractivity (Wildman–Crippen MR) is 132 cm³/mol. The van der Waals surface area contributed by atoms with E-state index in [-0.39, 0.29) is 6.09 Å². The number of hydrogen-bond acceptors (Lipinski definition) is 8. The second-order valence-corrected chi connectivity index (χ2v) is 11.8. The third-order valence-electron chi connectivity index (χ3n) is 3.51. The van der Waals surface area contributed by atoms with Gasteiger partial charge in [-0.05, 0) is 50.8 Å². The van der Waals surface area contributed by atoms with Gasteiger partial charge in [0.05, 0.1) is 11.4 Å². The van der Waals surface area contributed by atoms with Gasteiger partial charge in [0.1, 0.15) is 5.60 Å². The summed E-state index contributed by atoms with van der Waals surface area (Å²) in [6, 6.07) is 8.19. The van der Waals surface area contributed by atoms with Gasteiger partial charge in [0.15, 0.2) is 0 Å². The van der Waals surface area contributed by atoms with E-state index in [1.54, 1.807) is 33.3 Å². The molecule has 0 aliphatic carbocycles. The third-order valence-corrected chi connectivity index (χ3v) is 7.88. The fourth-order valence-corrected chi connectivity index (χ4v) is 6.18. The molecule has 0 spiro atoms. The maximum absolute atomic E-state index is 11.7. The normalized spacial score (nSPS) is 11.3. The van der Waals surface area contributed by atoms with Crippen LogP contribution in [0.25, 0.3) is 0 Å². The smallest absolute Gasteiger partial charge is 0.407 e. The summed E-state index contributed by atoms with van der Waals surface area (Å²) in [6.07, 6.45) is 3.32. The fraction of sp³-hybridized carbons (Fsp3) is 0.476. The van der Waals surface area contributed by atoms with E-state index >= 15 is 0 Å². The molecule has 0 unspecified atom stereocenters. The molecule has 0 aliphatic rings. The van der Waals surface area contributed by atoms with E-state index in [2.05, 4.69) is 34.3 Å². The number of aromatic nitrogens is 2. The van der Waals surface area contributed by atoms with Gasteiger partial charge >= 0.3 is 6.09 Å². The van der Waals surface area contributed by atoms with Crippen LogP contribution in [0.4, 0.5) is 4.79 Å². The van der Waals surface area contributed by atoms with Crippen LogP contribution in [0.3, 0.4) is 0 Å². The molecule has 0 aliphatic heterocycles. The van der Waals surface area contributed by atoms with Crippen LogP contribution in [0, 0.1) is 0 Å². The van der Waals surface area contributed by atoms with E-state index in [1.807, 2.05) is 57.1 Å². The first-order valence-corrected chi connectivity index (χ1v) is 14.2. The summed E-state index contributed by atoms with van der Waals surface area (Å²) in [5.41, 5.74) is 1.72. The molecule has 0 aromatic carbocycles. The molecule has 1 amide bonds. The number of rotatable bonds is 11. The highest BCUT2D eigenvalue weighted by molar-refractivity contribution is 8.76. The summed E-state index contributed by atoms with van der Waals surface area (Å²) in [5.74, 6) is 3.61. The molecule has 0 fully saturated rings. The molecule has 9 heteroatoms. The SMILES string of the molecule is CCSCc1ncccc1SSc1cccnc1CSCCNC(=O)OC(C)(C)C. The zero-order valence-electron chi connectivity index (χ0n) is 17.8. The number of nitrogens with zero attached hydrogens (tertiary/aromatic N) is 2. The van der Waals surface area contributed by atoms with Crippen molar-refractivity contribution in [3.63, 3.8) is 0 Å². The lowest BCUT2D eigenvalue weighted by molar-refractivity contribution is 0.0531. The lowest BCUT2D eigenvalue weighted by Crippen LogP contribution is -2.33. The lowest BCUT2D eigenvalue weighted by atomic mass is 10.2. The lowest BCUT2D eigenvalue weighted by Gasteiger charge is -2.19. The molecule has 2 rings (SSSR count). The second-order valence-electron chi connectivity index (χ2n) is 7.18. The minimum absolute atomic E-state index is 0.373. The molecule has 0 bridgehead atoms. The molecule has 2 aromatic heterocycles. The molecule has 1 N–H and O–H groups in total. The molecule has 30 heavy (non-hydrogen) atoms. The van der Waals surface area contributed by atoms with E-state index in [9.17, 15) is 4.79 Å². The second kappa shape index (κ2) is 13.4. The molecule has 2 aromatic rings. The molecule has 0 saturated carbocycles. The van der Waals surface area contributed by atoms with Gasteiger partial charge in [0.2, 0.25) is 0 Å². The van der Waals surface area contributed by atoms with Crippen molar-refractivity contribution in [2.24, 2.45) is 0 Å². The van der Waals surface area contributed by atoms with Crippen molar-refractivity contribution in [1.29, 1.82) is 0 Å². The molecule has 0 radical (unpaired) electrons. The quantitative estimate of drug-likeness (QED) is 0.296. The molecular weight excluding hydrogens is 455 g/mol. The summed E-state index contributed by atoms with van der Waals surface area (Å²) >= 11 is 3.63. The molecule has 0 saturated heterocycles. The van der Waals surface area contributed by atoms with Gasteiger partial charge in [-0.1, -0.05) is 28.5 Å². The Morgan fingerprint density at radius 1 is 1.00 bits per heavy atom. The Morgan fingerprint density at radius 2 is 1.57 bits per heavy atom. The van der Waals surface area contributed by atoms with Crippen molar-refractivity contribution < 1.29 is 9.53 Å². The van der Waals surface area contributed by atoms with Crippen LogP contribution in [0.1, 0.15) is 39.1 Å².